The summed E-state index contributed by atoms with van der Waals surface area (Å²) in [6, 6.07) is 21.2. The molecule has 0 aromatic heterocycles. The van der Waals surface area contributed by atoms with Crippen molar-refractivity contribution in [3.05, 3.63) is 101 Å². The molecule has 0 heterocycles. The third-order valence-electron chi connectivity index (χ3n) is 7.27. The predicted octanol–water partition coefficient (Wildman–Crippen LogP) is 4.38. The number of halogens is 1. The fourth-order valence-corrected chi connectivity index (χ4v) is 6.01. The van der Waals surface area contributed by atoms with E-state index in [0.29, 0.717) is 44.6 Å². The number of amides is 2. The van der Waals surface area contributed by atoms with Gasteiger partial charge in [-0.1, -0.05) is 54.6 Å². The van der Waals surface area contributed by atoms with Crippen molar-refractivity contribution in [2.45, 2.75) is 69.0 Å². The van der Waals surface area contributed by atoms with Gasteiger partial charge in [-0.3, -0.25) is 9.59 Å². The third-order valence-corrected chi connectivity index (χ3v) is 8.80. The molecule has 1 atom stereocenters. The zero-order chi connectivity index (χ0) is 30.7. The highest BCUT2D eigenvalue weighted by molar-refractivity contribution is 7.89. The molecule has 4 rings (SSSR count). The number of hydrogen-bond donors (Lipinski definition) is 2. The van der Waals surface area contributed by atoms with E-state index in [0.717, 1.165) is 24.0 Å². The van der Waals surface area contributed by atoms with E-state index in [1.54, 1.807) is 41.3 Å². The van der Waals surface area contributed by atoms with Crippen LogP contribution in [-0.2, 0) is 43.7 Å². The van der Waals surface area contributed by atoms with Gasteiger partial charge in [0.1, 0.15) is 11.9 Å². The molecular weight excluding hydrogens is 569 g/mol. The second-order valence-corrected chi connectivity index (χ2v) is 12.4. The first-order chi connectivity index (χ1) is 20.7. The molecule has 1 aliphatic rings. The van der Waals surface area contributed by atoms with Gasteiger partial charge in [0.2, 0.25) is 21.8 Å². The summed E-state index contributed by atoms with van der Waals surface area (Å²) in [7, 11) is -3.56. The molecule has 2 amide bonds. The Bertz CT molecular complexity index is 1430. The maximum atomic E-state index is 13.8. The number of nitrogens with one attached hydrogen (secondary N) is 2. The summed E-state index contributed by atoms with van der Waals surface area (Å²) in [5.41, 5.74) is 2.42. The van der Waals surface area contributed by atoms with Crippen molar-refractivity contribution in [1.82, 2.24) is 14.9 Å². The molecular formula is C33H40FN3O5S. The Kier molecular flexibility index (Phi) is 11.8. The minimum Gasteiger partial charge on any atom is -0.382 e. The van der Waals surface area contributed by atoms with Gasteiger partial charge in [0.15, 0.2) is 0 Å². The smallest absolute Gasteiger partial charge is 0.243 e. The van der Waals surface area contributed by atoms with Crippen LogP contribution in [0.2, 0.25) is 0 Å². The first kappa shape index (κ1) is 32.3. The Labute approximate surface area is 253 Å². The van der Waals surface area contributed by atoms with Crippen molar-refractivity contribution in [2.24, 2.45) is 0 Å². The number of carbonyl (C=O) groups excluding carboxylic acids is 2. The van der Waals surface area contributed by atoms with Gasteiger partial charge in [0.05, 0.1) is 4.90 Å². The van der Waals surface area contributed by atoms with Crippen LogP contribution in [0.1, 0.15) is 49.3 Å². The van der Waals surface area contributed by atoms with E-state index in [4.69, 9.17) is 4.74 Å². The molecule has 2 N–H and O–H groups in total. The number of rotatable bonds is 17. The van der Waals surface area contributed by atoms with Gasteiger partial charge < -0.3 is 15.0 Å². The predicted molar refractivity (Wildman–Crippen MR) is 163 cm³/mol. The zero-order valence-electron chi connectivity index (χ0n) is 24.5. The lowest BCUT2D eigenvalue weighted by Gasteiger charge is -2.31. The van der Waals surface area contributed by atoms with E-state index < -0.39 is 16.1 Å². The van der Waals surface area contributed by atoms with Gasteiger partial charge in [-0.05, 0) is 73.6 Å². The summed E-state index contributed by atoms with van der Waals surface area (Å²) < 4.78 is 46.8. The molecule has 1 fully saturated rings. The van der Waals surface area contributed by atoms with Crippen molar-refractivity contribution < 1.29 is 27.1 Å². The number of hydrogen-bond acceptors (Lipinski definition) is 5. The second-order valence-electron chi connectivity index (χ2n) is 10.7. The van der Waals surface area contributed by atoms with Gasteiger partial charge in [0, 0.05) is 45.2 Å². The second kappa shape index (κ2) is 15.7. The summed E-state index contributed by atoms with van der Waals surface area (Å²) in [6.45, 7) is 3.58. The Hall–Kier alpha value is -3.60. The van der Waals surface area contributed by atoms with Crippen LogP contribution in [-0.4, -0.2) is 57.0 Å². The number of nitrogens with zero attached hydrogens (tertiary/aromatic N) is 1. The van der Waals surface area contributed by atoms with Crippen LogP contribution in [0.25, 0.3) is 0 Å². The maximum absolute atomic E-state index is 13.8. The van der Waals surface area contributed by atoms with Crippen molar-refractivity contribution in [2.75, 3.05) is 19.8 Å². The van der Waals surface area contributed by atoms with Crippen LogP contribution in [0, 0.1) is 5.82 Å². The average Bonchev–Trinajstić information content (AvgIpc) is 3.82. The minimum absolute atomic E-state index is 0.0140. The molecule has 230 valence electrons. The quantitative estimate of drug-likeness (QED) is 0.221. The molecule has 1 saturated carbocycles. The molecule has 10 heteroatoms. The number of aryl methyl sites for hydroxylation is 1. The number of ether oxygens (including phenoxy) is 1. The van der Waals surface area contributed by atoms with Crippen LogP contribution in [0.5, 0.6) is 0 Å². The molecule has 3 aromatic rings. The molecule has 8 nitrogen and oxygen atoms in total. The fourth-order valence-electron chi connectivity index (χ4n) is 4.71. The number of benzene rings is 3. The highest BCUT2D eigenvalue weighted by Crippen LogP contribution is 2.23. The summed E-state index contributed by atoms with van der Waals surface area (Å²) in [5.74, 6) is -0.886. The first-order valence-electron chi connectivity index (χ1n) is 14.8. The summed E-state index contributed by atoms with van der Waals surface area (Å²) >= 11 is 0. The Balaban J connectivity index is 1.51. The zero-order valence-corrected chi connectivity index (χ0v) is 25.3. The van der Waals surface area contributed by atoms with Crippen molar-refractivity contribution >= 4 is 21.8 Å². The maximum Gasteiger partial charge on any atom is 0.243 e. The highest BCUT2D eigenvalue weighted by Gasteiger charge is 2.30. The molecule has 0 saturated heterocycles. The standard InChI is InChI=1S/C33H40FN3O5S/c1-2-42-22-6-21-35-33(39)31(23-26-7-4-3-5-8-26)37(24-27-9-14-28(34)15-10-27)32(38)20-13-25-11-18-30(19-12-25)43(40,41)36-29-16-17-29/h3-5,7-12,14-15,18-19,29,31,36H,2,6,13,16-17,20-24H2,1H3,(H,35,39). The molecule has 0 aliphatic heterocycles. The number of sulfonamides is 1. The monoisotopic (exact) mass is 609 g/mol. The molecule has 3 aromatic carbocycles. The average molecular weight is 610 g/mol. The van der Waals surface area contributed by atoms with Gasteiger partial charge >= 0.3 is 0 Å². The third kappa shape index (κ3) is 10.3. The van der Waals surface area contributed by atoms with E-state index in [1.807, 2.05) is 37.3 Å². The summed E-state index contributed by atoms with van der Waals surface area (Å²) in [6.07, 6.45) is 3.13. The molecule has 43 heavy (non-hydrogen) atoms. The van der Waals surface area contributed by atoms with Crippen LogP contribution < -0.4 is 10.0 Å². The molecule has 0 spiro atoms. The molecule has 0 bridgehead atoms. The largest absolute Gasteiger partial charge is 0.382 e. The van der Waals surface area contributed by atoms with Gasteiger partial charge in [-0.15, -0.1) is 0 Å². The van der Waals surface area contributed by atoms with Crippen LogP contribution in [0.3, 0.4) is 0 Å². The van der Waals surface area contributed by atoms with Gasteiger partial charge in [0.25, 0.3) is 0 Å². The van der Waals surface area contributed by atoms with Crippen molar-refractivity contribution in [3.63, 3.8) is 0 Å². The Morgan fingerprint density at radius 1 is 0.953 bits per heavy atom. The topological polar surface area (TPSA) is 105 Å². The minimum atomic E-state index is -3.56. The lowest BCUT2D eigenvalue weighted by Crippen LogP contribution is -2.50. The Morgan fingerprint density at radius 2 is 1.63 bits per heavy atom. The van der Waals surface area contributed by atoms with E-state index >= 15 is 0 Å². The van der Waals surface area contributed by atoms with E-state index in [2.05, 4.69) is 10.0 Å². The van der Waals surface area contributed by atoms with Crippen LogP contribution >= 0.6 is 0 Å². The van der Waals surface area contributed by atoms with Crippen molar-refractivity contribution in [1.29, 1.82) is 0 Å². The fraction of sp³-hybridized carbons (Fsp3) is 0.394. The van der Waals surface area contributed by atoms with E-state index in [-0.39, 0.29) is 41.5 Å². The normalized spacial score (nSPS) is 13.8. The molecule has 1 unspecified atom stereocenters. The lowest BCUT2D eigenvalue weighted by molar-refractivity contribution is -0.141. The highest BCUT2D eigenvalue weighted by atomic mass is 32.2. The van der Waals surface area contributed by atoms with E-state index in [1.165, 1.54) is 12.1 Å². The van der Waals surface area contributed by atoms with E-state index in [9.17, 15) is 22.4 Å². The number of carbonyl (C=O) groups is 2. The summed E-state index contributed by atoms with van der Waals surface area (Å²) in [4.78, 5) is 29.2. The van der Waals surface area contributed by atoms with Gasteiger partial charge in [-0.25, -0.2) is 17.5 Å². The summed E-state index contributed by atoms with van der Waals surface area (Å²) in [5, 5.41) is 2.97. The van der Waals surface area contributed by atoms with Gasteiger partial charge in [-0.2, -0.15) is 0 Å². The lowest BCUT2D eigenvalue weighted by atomic mass is 10.0. The van der Waals surface area contributed by atoms with Crippen LogP contribution in [0.4, 0.5) is 4.39 Å². The van der Waals surface area contributed by atoms with Crippen molar-refractivity contribution in [3.8, 4) is 0 Å². The Morgan fingerprint density at radius 3 is 2.28 bits per heavy atom. The molecule has 1 aliphatic carbocycles. The molecule has 0 radical (unpaired) electrons. The van der Waals surface area contributed by atoms with Crippen LogP contribution in [0.15, 0.2) is 83.8 Å². The SMILES string of the molecule is CCOCCCNC(=O)C(Cc1ccccc1)N(Cc1ccc(F)cc1)C(=O)CCc1ccc(S(=O)(=O)NC2CC2)cc1. The first-order valence-corrected chi connectivity index (χ1v) is 16.3.